The fourth-order valence-electron chi connectivity index (χ4n) is 2.98. The van der Waals surface area contributed by atoms with Gasteiger partial charge < -0.3 is 5.32 Å². The minimum absolute atomic E-state index is 0.821. The molecule has 0 spiro atoms. The molecule has 0 unspecified atom stereocenters. The van der Waals surface area contributed by atoms with Crippen molar-refractivity contribution in [1.29, 1.82) is 0 Å². The number of rotatable bonds is 5. The van der Waals surface area contributed by atoms with Gasteiger partial charge in [0.15, 0.2) is 0 Å². The van der Waals surface area contributed by atoms with Gasteiger partial charge in [0.25, 0.3) is 0 Å². The summed E-state index contributed by atoms with van der Waals surface area (Å²) in [6, 6.07) is 5.92. The Morgan fingerprint density at radius 1 is 1.33 bits per heavy atom. The van der Waals surface area contributed by atoms with Gasteiger partial charge in [0, 0.05) is 43.3 Å². The van der Waals surface area contributed by atoms with Gasteiger partial charge in [-0.25, -0.2) is 4.98 Å². The first kappa shape index (κ1) is 15.4. The Kier molecular flexibility index (Phi) is 4.38. The molecule has 0 atom stereocenters. The van der Waals surface area contributed by atoms with Crippen molar-refractivity contribution < 1.29 is 0 Å². The molecule has 3 aromatic rings. The van der Waals surface area contributed by atoms with Crippen molar-refractivity contribution in [3.63, 3.8) is 0 Å². The number of hydrogen-bond donors (Lipinski definition) is 1. The van der Waals surface area contributed by atoms with Crippen LogP contribution in [0.4, 0.5) is 0 Å². The van der Waals surface area contributed by atoms with Crippen LogP contribution in [-0.2, 0) is 26.2 Å². The first-order valence-corrected chi connectivity index (χ1v) is 8.96. The summed E-state index contributed by atoms with van der Waals surface area (Å²) < 4.78 is 2.11. The molecule has 124 valence electrons. The topological polar surface area (TPSA) is 58.9 Å². The number of nitrogens with one attached hydrogen (secondary N) is 1. The Labute approximate surface area is 145 Å². The van der Waals surface area contributed by atoms with Gasteiger partial charge in [-0.2, -0.15) is 5.10 Å². The number of fused-ring (bicyclic) bond motifs is 1. The van der Waals surface area contributed by atoms with Crippen LogP contribution in [-0.4, -0.2) is 38.2 Å². The summed E-state index contributed by atoms with van der Waals surface area (Å²) in [5, 5.41) is 11.0. The van der Waals surface area contributed by atoms with Gasteiger partial charge in [0.05, 0.1) is 29.8 Å². The van der Waals surface area contributed by atoms with Crippen molar-refractivity contribution in [2.45, 2.75) is 26.2 Å². The number of nitrogens with zero attached hydrogens (tertiary/aromatic N) is 5. The number of pyridine rings is 1. The molecule has 0 fully saturated rings. The Morgan fingerprint density at radius 2 is 2.29 bits per heavy atom. The maximum Gasteiger partial charge on any atom is 0.142 e. The lowest BCUT2D eigenvalue weighted by Crippen LogP contribution is -2.29. The molecule has 0 amide bonds. The zero-order chi connectivity index (χ0) is 16.4. The van der Waals surface area contributed by atoms with Crippen LogP contribution in [0.15, 0.2) is 36.0 Å². The van der Waals surface area contributed by atoms with E-state index in [2.05, 4.69) is 37.4 Å². The van der Waals surface area contributed by atoms with E-state index in [9.17, 15) is 0 Å². The average Bonchev–Trinajstić information content (AvgIpc) is 3.23. The molecule has 4 rings (SSSR count). The molecule has 1 aliphatic heterocycles. The molecule has 7 heteroatoms. The fourth-order valence-corrected chi connectivity index (χ4v) is 3.77. The molecule has 24 heavy (non-hydrogen) atoms. The average molecular weight is 340 g/mol. The third-order valence-corrected chi connectivity index (χ3v) is 5.05. The monoisotopic (exact) mass is 340 g/mol. The minimum atomic E-state index is 0.821. The lowest BCUT2D eigenvalue weighted by Gasteiger charge is -2.19. The van der Waals surface area contributed by atoms with Crippen LogP contribution < -0.4 is 5.32 Å². The van der Waals surface area contributed by atoms with E-state index < -0.39 is 0 Å². The SMILES string of the molecule is CN(Cc1csc(-c2ccccn2)n1)Cc1cnn2c1CNCC2. The fraction of sp³-hybridized carbons (Fsp3) is 0.353. The van der Waals surface area contributed by atoms with Crippen molar-refractivity contribution in [3.05, 3.63) is 52.9 Å². The molecule has 0 aromatic carbocycles. The van der Waals surface area contributed by atoms with Crippen LogP contribution in [0.3, 0.4) is 0 Å². The first-order chi connectivity index (χ1) is 11.8. The molecule has 0 saturated carbocycles. The molecule has 0 bridgehead atoms. The van der Waals surface area contributed by atoms with Gasteiger partial charge in [-0.3, -0.25) is 14.6 Å². The summed E-state index contributed by atoms with van der Waals surface area (Å²) in [5.74, 6) is 0. The van der Waals surface area contributed by atoms with Gasteiger partial charge in [0.1, 0.15) is 5.01 Å². The lowest BCUT2D eigenvalue weighted by molar-refractivity contribution is 0.313. The molecule has 6 nitrogen and oxygen atoms in total. The third kappa shape index (κ3) is 3.24. The van der Waals surface area contributed by atoms with Crippen molar-refractivity contribution in [3.8, 4) is 10.7 Å². The zero-order valence-corrected chi connectivity index (χ0v) is 14.5. The molecule has 0 radical (unpaired) electrons. The Morgan fingerprint density at radius 3 is 3.17 bits per heavy atom. The molecular weight excluding hydrogens is 320 g/mol. The summed E-state index contributed by atoms with van der Waals surface area (Å²) >= 11 is 1.65. The number of hydrogen-bond acceptors (Lipinski definition) is 6. The largest absolute Gasteiger partial charge is 0.309 e. The Bertz CT molecular complexity index is 810. The van der Waals surface area contributed by atoms with Crippen LogP contribution in [0.5, 0.6) is 0 Å². The van der Waals surface area contributed by atoms with E-state index in [1.54, 1.807) is 17.5 Å². The van der Waals surface area contributed by atoms with Crippen molar-refractivity contribution in [2.75, 3.05) is 13.6 Å². The predicted octanol–water partition coefficient (Wildman–Crippen LogP) is 2.14. The normalized spacial score (nSPS) is 14.1. The summed E-state index contributed by atoms with van der Waals surface area (Å²) in [4.78, 5) is 11.4. The third-order valence-electron chi connectivity index (χ3n) is 4.14. The second-order valence-electron chi connectivity index (χ2n) is 6.05. The van der Waals surface area contributed by atoms with E-state index in [0.29, 0.717) is 0 Å². The molecule has 1 aliphatic rings. The van der Waals surface area contributed by atoms with E-state index in [1.807, 2.05) is 24.4 Å². The first-order valence-electron chi connectivity index (χ1n) is 8.08. The maximum absolute atomic E-state index is 4.72. The van der Waals surface area contributed by atoms with E-state index in [-0.39, 0.29) is 0 Å². The number of thiazole rings is 1. The van der Waals surface area contributed by atoms with Gasteiger partial charge in [-0.15, -0.1) is 11.3 Å². The van der Waals surface area contributed by atoms with Crippen LogP contribution in [0, 0.1) is 0 Å². The molecule has 0 saturated heterocycles. The smallest absolute Gasteiger partial charge is 0.142 e. The number of aromatic nitrogens is 4. The second kappa shape index (κ2) is 6.80. The van der Waals surface area contributed by atoms with Gasteiger partial charge in [0.2, 0.25) is 0 Å². The van der Waals surface area contributed by atoms with Crippen LogP contribution in [0.2, 0.25) is 0 Å². The molecule has 1 N–H and O–H groups in total. The van der Waals surface area contributed by atoms with Crippen molar-refractivity contribution in [1.82, 2.24) is 30.0 Å². The standard InChI is InChI=1S/C17H20N6S/c1-22(10-13-8-20-23-7-6-18-9-16(13)23)11-14-12-24-17(21-14)15-4-2-3-5-19-15/h2-5,8,12,18H,6-7,9-11H2,1H3. The van der Waals surface area contributed by atoms with Crippen molar-refractivity contribution >= 4 is 11.3 Å². The highest BCUT2D eigenvalue weighted by atomic mass is 32.1. The quantitative estimate of drug-likeness (QED) is 0.771. The highest BCUT2D eigenvalue weighted by Gasteiger charge is 2.16. The van der Waals surface area contributed by atoms with Crippen LogP contribution in [0.1, 0.15) is 17.0 Å². The summed E-state index contributed by atoms with van der Waals surface area (Å²) in [5.41, 5.74) is 4.63. The molecule has 3 aromatic heterocycles. The lowest BCUT2D eigenvalue weighted by atomic mass is 10.2. The second-order valence-corrected chi connectivity index (χ2v) is 6.91. The molecule has 0 aliphatic carbocycles. The van der Waals surface area contributed by atoms with Gasteiger partial charge >= 0.3 is 0 Å². The summed E-state index contributed by atoms with van der Waals surface area (Å²) in [7, 11) is 2.13. The Balaban J connectivity index is 1.42. The molecular formula is C17H20N6S. The van der Waals surface area contributed by atoms with E-state index >= 15 is 0 Å². The summed E-state index contributed by atoms with van der Waals surface area (Å²) in [6.45, 7) is 4.57. The van der Waals surface area contributed by atoms with E-state index in [0.717, 1.165) is 49.1 Å². The van der Waals surface area contributed by atoms with E-state index in [4.69, 9.17) is 4.98 Å². The summed E-state index contributed by atoms with van der Waals surface area (Å²) in [6.07, 6.45) is 3.80. The van der Waals surface area contributed by atoms with E-state index in [1.165, 1.54) is 11.3 Å². The highest BCUT2D eigenvalue weighted by Crippen LogP contribution is 2.22. The highest BCUT2D eigenvalue weighted by molar-refractivity contribution is 7.13. The van der Waals surface area contributed by atoms with Crippen LogP contribution >= 0.6 is 11.3 Å². The van der Waals surface area contributed by atoms with Crippen LogP contribution in [0.25, 0.3) is 10.7 Å². The van der Waals surface area contributed by atoms with Gasteiger partial charge in [-0.05, 0) is 19.2 Å². The van der Waals surface area contributed by atoms with Gasteiger partial charge in [-0.1, -0.05) is 6.07 Å². The Hall–Kier alpha value is -2.09. The maximum atomic E-state index is 4.72. The van der Waals surface area contributed by atoms with Crippen molar-refractivity contribution in [2.24, 2.45) is 0 Å². The zero-order valence-electron chi connectivity index (χ0n) is 13.6. The predicted molar refractivity (Wildman–Crippen MR) is 94.4 cm³/mol. The molecule has 4 heterocycles. The minimum Gasteiger partial charge on any atom is -0.309 e.